The minimum Gasteiger partial charge on any atom is -0.368 e. The topological polar surface area (TPSA) is 110 Å². The molecular formula is C11H17N3O4. The molecule has 0 aromatic rings. The van der Waals surface area contributed by atoms with Gasteiger partial charge in [-0.05, 0) is 19.8 Å². The fourth-order valence-corrected chi connectivity index (χ4v) is 2.05. The molecule has 1 fully saturated rings. The first-order chi connectivity index (χ1) is 8.31. The third-order valence-electron chi connectivity index (χ3n) is 3.51. The van der Waals surface area contributed by atoms with Crippen molar-refractivity contribution in [2.75, 3.05) is 0 Å². The predicted molar refractivity (Wildman–Crippen MR) is 62.1 cm³/mol. The minimum atomic E-state index is -1.29. The summed E-state index contributed by atoms with van der Waals surface area (Å²) in [5, 5.41) is 2.11. The lowest BCUT2D eigenvalue weighted by Crippen LogP contribution is -2.67. The van der Waals surface area contributed by atoms with Crippen LogP contribution >= 0.6 is 0 Å². The number of amides is 5. The van der Waals surface area contributed by atoms with Crippen molar-refractivity contribution in [3.8, 4) is 0 Å². The van der Waals surface area contributed by atoms with Crippen LogP contribution in [0.25, 0.3) is 0 Å². The molecule has 0 radical (unpaired) electrons. The molecule has 1 heterocycles. The lowest BCUT2D eigenvalue weighted by atomic mass is 9.78. The van der Waals surface area contributed by atoms with Gasteiger partial charge in [0.25, 0.3) is 0 Å². The standard InChI is InChI=1S/C11H17N3O4/c1-4-11(5-2)8(16)13-10(18)14(9(11)17)6(3)7(12)15/h6H,4-5H2,1-3H3,(H2,12,15)(H,13,16,18). The molecule has 0 spiro atoms. The maximum Gasteiger partial charge on any atom is 0.331 e. The summed E-state index contributed by atoms with van der Waals surface area (Å²) in [4.78, 5) is 47.7. The zero-order valence-corrected chi connectivity index (χ0v) is 10.6. The Bertz CT molecular complexity index is 415. The van der Waals surface area contributed by atoms with E-state index >= 15 is 0 Å². The van der Waals surface area contributed by atoms with Gasteiger partial charge in [0.05, 0.1) is 0 Å². The maximum atomic E-state index is 12.3. The molecule has 1 rings (SSSR count). The molecule has 18 heavy (non-hydrogen) atoms. The molecule has 100 valence electrons. The first kappa shape index (κ1) is 14.1. The third kappa shape index (κ3) is 1.85. The summed E-state index contributed by atoms with van der Waals surface area (Å²) in [6.45, 7) is 4.72. The van der Waals surface area contributed by atoms with Crippen LogP contribution in [0.2, 0.25) is 0 Å². The van der Waals surface area contributed by atoms with E-state index in [0.29, 0.717) is 0 Å². The van der Waals surface area contributed by atoms with Gasteiger partial charge in [0.1, 0.15) is 11.5 Å². The van der Waals surface area contributed by atoms with Gasteiger partial charge in [-0.2, -0.15) is 0 Å². The molecule has 0 saturated carbocycles. The molecule has 0 aliphatic carbocycles. The van der Waals surface area contributed by atoms with Crippen LogP contribution < -0.4 is 11.1 Å². The van der Waals surface area contributed by atoms with E-state index in [-0.39, 0.29) is 12.8 Å². The Hall–Kier alpha value is -1.92. The monoisotopic (exact) mass is 255 g/mol. The van der Waals surface area contributed by atoms with Crippen molar-refractivity contribution in [1.29, 1.82) is 0 Å². The number of hydrogen-bond donors (Lipinski definition) is 2. The average Bonchev–Trinajstić information content (AvgIpc) is 2.30. The van der Waals surface area contributed by atoms with Gasteiger partial charge in [-0.1, -0.05) is 13.8 Å². The molecule has 5 amide bonds. The second-order valence-corrected chi connectivity index (χ2v) is 4.30. The van der Waals surface area contributed by atoms with Crippen molar-refractivity contribution in [3.05, 3.63) is 0 Å². The van der Waals surface area contributed by atoms with Crippen LogP contribution in [0.5, 0.6) is 0 Å². The van der Waals surface area contributed by atoms with Crippen LogP contribution in [0.15, 0.2) is 0 Å². The predicted octanol–water partition coefficient (Wildman–Crippen LogP) is -0.255. The van der Waals surface area contributed by atoms with Gasteiger partial charge in [0.15, 0.2) is 0 Å². The van der Waals surface area contributed by atoms with Crippen molar-refractivity contribution in [2.24, 2.45) is 11.1 Å². The van der Waals surface area contributed by atoms with Crippen LogP contribution in [0.3, 0.4) is 0 Å². The summed E-state index contributed by atoms with van der Waals surface area (Å²) in [7, 11) is 0. The number of nitrogens with zero attached hydrogens (tertiary/aromatic N) is 1. The molecule has 0 bridgehead atoms. The number of nitrogens with one attached hydrogen (secondary N) is 1. The van der Waals surface area contributed by atoms with E-state index in [1.165, 1.54) is 6.92 Å². The number of carbonyl (C=O) groups is 4. The van der Waals surface area contributed by atoms with Crippen molar-refractivity contribution in [1.82, 2.24) is 10.2 Å². The lowest BCUT2D eigenvalue weighted by molar-refractivity contribution is -0.155. The number of primary amides is 1. The molecule has 0 aromatic carbocycles. The van der Waals surface area contributed by atoms with E-state index in [2.05, 4.69) is 5.32 Å². The summed E-state index contributed by atoms with van der Waals surface area (Å²) >= 11 is 0. The first-order valence-electron chi connectivity index (χ1n) is 5.80. The molecule has 1 atom stereocenters. The molecule has 1 saturated heterocycles. The second-order valence-electron chi connectivity index (χ2n) is 4.30. The highest BCUT2D eigenvalue weighted by molar-refractivity contribution is 6.20. The van der Waals surface area contributed by atoms with E-state index in [1.54, 1.807) is 13.8 Å². The molecule has 0 aromatic heterocycles. The van der Waals surface area contributed by atoms with Crippen molar-refractivity contribution >= 4 is 23.8 Å². The number of hydrogen-bond acceptors (Lipinski definition) is 4. The number of carbonyl (C=O) groups excluding carboxylic acids is 4. The van der Waals surface area contributed by atoms with Crippen molar-refractivity contribution < 1.29 is 19.2 Å². The molecule has 3 N–H and O–H groups in total. The fourth-order valence-electron chi connectivity index (χ4n) is 2.05. The van der Waals surface area contributed by atoms with Gasteiger partial charge in [-0.3, -0.25) is 24.6 Å². The minimum absolute atomic E-state index is 0.253. The van der Waals surface area contributed by atoms with Gasteiger partial charge in [-0.25, -0.2) is 4.79 Å². The summed E-state index contributed by atoms with van der Waals surface area (Å²) in [6, 6.07) is -1.98. The Kier molecular flexibility index (Phi) is 3.73. The van der Waals surface area contributed by atoms with E-state index in [9.17, 15) is 19.2 Å². The van der Waals surface area contributed by atoms with Crippen LogP contribution in [0, 0.1) is 5.41 Å². The molecular weight excluding hydrogens is 238 g/mol. The summed E-state index contributed by atoms with van der Waals surface area (Å²) < 4.78 is 0. The highest BCUT2D eigenvalue weighted by Crippen LogP contribution is 2.33. The third-order valence-corrected chi connectivity index (χ3v) is 3.51. The largest absolute Gasteiger partial charge is 0.368 e. The Morgan fingerprint density at radius 3 is 2.22 bits per heavy atom. The van der Waals surface area contributed by atoms with Crippen molar-refractivity contribution in [2.45, 2.75) is 39.7 Å². The van der Waals surface area contributed by atoms with E-state index < -0.39 is 35.2 Å². The van der Waals surface area contributed by atoms with E-state index in [0.717, 1.165) is 4.90 Å². The second kappa shape index (κ2) is 4.75. The van der Waals surface area contributed by atoms with Crippen molar-refractivity contribution in [3.63, 3.8) is 0 Å². The number of nitrogens with two attached hydrogens (primary N) is 1. The van der Waals surface area contributed by atoms with Gasteiger partial charge in [0, 0.05) is 0 Å². The number of imide groups is 2. The zero-order valence-electron chi connectivity index (χ0n) is 10.6. The molecule has 1 aliphatic heterocycles. The fraction of sp³-hybridized carbons (Fsp3) is 0.636. The first-order valence-corrected chi connectivity index (χ1v) is 5.80. The van der Waals surface area contributed by atoms with Crippen LogP contribution in [-0.4, -0.2) is 34.7 Å². The van der Waals surface area contributed by atoms with Crippen LogP contribution in [0.4, 0.5) is 4.79 Å². The summed E-state index contributed by atoms with van der Waals surface area (Å²) in [6.07, 6.45) is 0.507. The summed E-state index contributed by atoms with van der Waals surface area (Å²) in [5.41, 5.74) is 3.81. The molecule has 7 heteroatoms. The number of rotatable bonds is 4. The highest BCUT2D eigenvalue weighted by atomic mass is 16.2. The average molecular weight is 255 g/mol. The van der Waals surface area contributed by atoms with Crippen LogP contribution in [-0.2, 0) is 14.4 Å². The summed E-state index contributed by atoms with van der Waals surface area (Å²) in [5.74, 6) is -2.07. The highest BCUT2D eigenvalue weighted by Gasteiger charge is 2.53. The SMILES string of the molecule is CCC1(CC)C(=O)NC(=O)N(C(C)C(N)=O)C1=O. The lowest BCUT2D eigenvalue weighted by Gasteiger charge is -2.39. The molecule has 1 unspecified atom stereocenters. The quantitative estimate of drug-likeness (QED) is 0.674. The Morgan fingerprint density at radius 2 is 1.83 bits per heavy atom. The Labute approximate surface area is 105 Å². The Morgan fingerprint density at radius 1 is 1.33 bits per heavy atom. The molecule has 7 nitrogen and oxygen atoms in total. The van der Waals surface area contributed by atoms with Gasteiger partial charge in [0.2, 0.25) is 17.7 Å². The maximum absolute atomic E-state index is 12.3. The van der Waals surface area contributed by atoms with E-state index in [1.807, 2.05) is 0 Å². The van der Waals surface area contributed by atoms with Gasteiger partial charge < -0.3 is 5.73 Å². The van der Waals surface area contributed by atoms with Crippen LogP contribution in [0.1, 0.15) is 33.6 Å². The normalized spacial score (nSPS) is 20.6. The zero-order chi connectivity index (χ0) is 14.1. The van der Waals surface area contributed by atoms with Gasteiger partial charge in [-0.15, -0.1) is 0 Å². The number of barbiturate groups is 1. The number of urea groups is 1. The van der Waals surface area contributed by atoms with Gasteiger partial charge >= 0.3 is 6.03 Å². The van der Waals surface area contributed by atoms with E-state index in [4.69, 9.17) is 5.73 Å². The smallest absolute Gasteiger partial charge is 0.331 e. The Balaban J connectivity index is 3.22. The molecule has 1 aliphatic rings.